The minimum absolute atomic E-state index is 0.0252. The van der Waals surface area contributed by atoms with Crippen LogP contribution < -0.4 is 14.5 Å². The van der Waals surface area contributed by atoms with E-state index in [1.165, 1.54) is 5.56 Å². The van der Waals surface area contributed by atoms with Crippen LogP contribution in [-0.2, 0) is 16.0 Å². The number of anilines is 2. The minimum Gasteiger partial charge on any atom is -0.455 e. The van der Waals surface area contributed by atoms with Crippen LogP contribution in [0.1, 0.15) is 12.0 Å². The maximum atomic E-state index is 13.2. The van der Waals surface area contributed by atoms with Crippen LogP contribution in [0.25, 0.3) is 0 Å². The molecule has 1 atom stereocenters. The lowest BCUT2D eigenvalue weighted by Gasteiger charge is -2.22. The molecular formula is C25H22N2O3. The zero-order valence-corrected chi connectivity index (χ0v) is 16.5. The summed E-state index contributed by atoms with van der Waals surface area (Å²) < 4.78 is 6.02. The summed E-state index contributed by atoms with van der Waals surface area (Å²) in [6.07, 6.45) is 1.08. The molecular weight excluding hydrogens is 376 g/mol. The zero-order valence-electron chi connectivity index (χ0n) is 16.5. The number of hydrogen-bond acceptors (Lipinski definition) is 3. The molecule has 2 aliphatic rings. The molecule has 1 unspecified atom stereocenters. The van der Waals surface area contributed by atoms with Crippen LogP contribution in [0.4, 0.5) is 11.4 Å². The molecule has 5 heteroatoms. The fourth-order valence-electron chi connectivity index (χ4n) is 4.28. The third-order valence-corrected chi connectivity index (χ3v) is 5.75. The summed E-state index contributed by atoms with van der Waals surface area (Å²) in [5.74, 6) is 0.935. The number of carbonyl (C=O) groups is 2. The summed E-state index contributed by atoms with van der Waals surface area (Å²) in [7, 11) is 0. The standard InChI is InChI=1S/C25H22N2O3/c28-24-16-19(25(29)26-15-14-18-8-4-5-11-21(18)26)17-27(24)22-12-6-7-13-23(22)30-20-9-2-1-3-10-20/h1-13,19H,14-17H2. The number of amides is 2. The Bertz CT molecular complexity index is 1100. The number of fused-ring (bicyclic) bond motifs is 1. The highest BCUT2D eigenvalue weighted by Crippen LogP contribution is 2.37. The smallest absolute Gasteiger partial charge is 0.232 e. The normalized spacial score (nSPS) is 17.9. The minimum atomic E-state index is -0.353. The Labute approximate surface area is 175 Å². The number of ether oxygens (including phenoxy) is 1. The van der Waals surface area contributed by atoms with E-state index in [2.05, 4.69) is 6.07 Å². The van der Waals surface area contributed by atoms with E-state index < -0.39 is 0 Å². The summed E-state index contributed by atoms with van der Waals surface area (Å²) in [5, 5.41) is 0. The molecule has 0 saturated carbocycles. The van der Waals surface area contributed by atoms with Gasteiger partial charge < -0.3 is 14.5 Å². The molecule has 1 fully saturated rings. The van der Waals surface area contributed by atoms with Gasteiger partial charge in [-0.1, -0.05) is 48.5 Å². The molecule has 30 heavy (non-hydrogen) atoms. The summed E-state index contributed by atoms with van der Waals surface area (Å²) in [5.41, 5.74) is 2.86. The molecule has 0 bridgehead atoms. The van der Waals surface area contributed by atoms with Gasteiger partial charge in [0.2, 0.25) is 11.8 Å². The second-order valence-corrected chi connectivity index (χ2v) is 7.66. The van der Waals surface area contributed by atoms with Crippen molar-refractivity contribution in [1.82, 2.24) is 0 Å². The Morgan fingerprint density at radius 3 is 2.40 bits per heavy atom. The maximum absolute atomic E-state index is 13.2. The van der Waals surface area contributed by atoms with Crippen LogP contribution in [0.2, 0.25) is 0 Å². The van der Waals surface area contributed by atoms with Crippen molar-refractivity contribution >= 4 is 23.2 Å². The van der Waals surface area contributed by atoms with E-state index in [4.69, 9.17) is 4.74 Å². The Kier molecular flexibility index (Phi) is 4.71. The predicted molar refractivity (Wildman–Crippen MR) is 116 cm³/mol. The lowest BCUT2D eigenvalue weighted by molar-refractivity contribution is -0.124. The highest BCUT2D eigenvalue weighted by Gasteiger charge is 2.39. The number of carbonyl (C=O) groups excluding carboxylic acids is 2. The SMILES string of the molecule is O=C(C1CC(=O)N(c2ccccc2Oc2ccccc2)C1)N1CCc2ccccc21. The molecule has 0 spiro atoms. The molecule has 0 N–H and O–H groups in total. The first kappa shape index (κ1) is 18.4. The van der Waals surface area contributed by atoms with Crippen molar-refractivity contribution in [3.8, 4) is 11.5 Å². The monoisotopic (exact) mass is 398 g/mol. The van der Waals surface area contributed by atoms with Gasteiger partial charge >= 0.3 is 0 Å². The number of rotatable bonds is 4. The molecule has 2 aliphatic heterocycles. The van der Waals surface area contributed by atoms with E-state index >= 15 is 0 Å². The molecule has 2 amide bonds. The van der Waals surface area contributed by atoms with Gasteiger partial charge in [-0.05, 0) is 42.3 Å². The lowest BCUT2D eigenvalue weighted by Crippen LogP contribution is -2.36. The highest BCUT2D eigenvalue weighted by atomic mass is 16.5. The quantitative estimate of drug-likeness (QED) is 0.654. The zero-order chi connectivity index (χ0) is 20.5. The van der Waals surface area contributed by atoms with Crippen LogP contribution in [0.3, 0.4) is 0 Å². The Hall–Kier alpha value is -3.60. The van der Waals surface area contributed by atoms with Gasteiger partial charge in [-0.15, -0.1) is 0 Å². The van der Waals surface area contributed by atoms with Crippen molar-refractivity contribution in [1.29, 1.82) is 0 Å². The summed E-state index contributed by atoms with van der Waals surface area (Å²) >= 11 is 0. The molecule has 3 aromatic carbocycles. The van der Waals surface area contributed by atoms with Crippen LogP contribution >= 0.6 is 0 Å². The molecule has 5 nitrogen and oxygen atoms in total. The van der Waals surface area contributed by atoms with Crippen LogP contribution in [0.15, 0.2) is 78.9 Å². The largest absolute Gasteiger partial charge is 0.455 e. The van der Waals surface area contributed by atoms with Crippen molar-refractivity contribution in [3.63, 3.8) is 0 Å². The van der Waals surface area contributed by atoms with E-state index in [0.29, 0.717) is 30.3 Å². The van der Waals surface area contributed by atoms with Gasteiger partial charge in [0.25, 0.3) is 0 Å². The third kappa shape index (κ3) is 3.32. The fourth-order valence-corrected chi connectivity index (χ4v) is 4.28. The first-order valence-corrected chi connectivity index (χ1v) is 10.2. The van der Waals surface area contributed by atoms with Gasteiger partial charge in [-0.3, -0.25) is 9.59 Å². The van der Waals surface area contributed by atoms with Crippen molar-refractivity contribution in [2.75, 3.05) is 22.9 Å². The van der Waals surface area contributed by atoms with Crippen molar-refractivity contribution in [2.24, 2.45) is 5.92 Å². The molecule has 0 aliphatic carbocycles. The molecule has 0 radical (unpaired) electrons. The Balaban J connectivity index is 1.37. The predicted octanol–water partition coefficient (Wildman–Crippen LogP) is 4.42. The molecule has 150 valence electrons. The maximum Gasteiger partial charge on any atom is 0.232 e. The topological polar surface area (TPSA) is 49.9 Å². The van der Waals surface area contributed by atoms with E-state index in [1.54, 1.807) is 4.90 Å². The van der Waals surface area contributed by atoms with Gasteiger partial charge in [0.05, 0.1) is 11.6 Å². The number of para-hydroxylation sites is 4. The molecule has 5 rings (SSSR count). The summed E-state index contributed by atoms with van der Waals surface area (Å²) in [4.78, 5) is 29.6. The van der Waals surface area contributed by atoms with E-state index in [0.717, 1.165) is 12.1 Å². The Morgan fingerprint density at radius 1 is 0.867 bits per heavy atom. The van der Waals surface area contributed by atoms with Crippen molar-refractivity contribution in [2.45, 2.75) is 12.8 Å². The highest BCUT2D eigenvalue weighted by molar-refractivity contribution is 6.05. The fraction of sp³-hybridized carbons (Fsp3) is 0.200. The van der Waals surface area contributed by atoms with Crippen molar-refractivity contribution in [3.05, 3.63) is 84.4 Å². The molecule has 0 aromatic heterocycles. The molecule has 3 aromatic rings. The summed E-state index contributed by atoms with van der Waals surface area (Å²) in [6, 6.07) is 25.0. The van der Waals surface area contributed by atoms with Gasteiger partial charge in [0.1, 0.15) is 5.75 Å². The van der Waals surface area contributed by atoms with E-state index in [1.807, 2.05) is 77.7 Å². The van der Waals surface area contributed by atoms with E-state index in [-0.39, 0.29) is 24.2 Å². The molecule has 2 heterocycles. The van der Waals surface area contributed by atoms with Gasteiger partial charge in [0, 0.05) is 25.2 Å². The number of benzene rings is 3. The van der Waals surface area contributed by atoms with Gasteiger partial charge in [0.15, 0.2) is 5.75 Å². The number of nitrogens with zero attached hydrogens (tertiary/aromatic N) is 2. The third-order valence-electron chi connectivity index (χ3n) is 5.75. The Morgan fingerprint density at radius 2 is 1.57 bits per heavy atom. The molecule has 1 saturated heterocycles. The average molecular weight is 398 g/mol. The van der Waals surface area contributed by atoms with Crippen molar-refractivity contribution < 1.29 is 14.3 Å². The number of hydrogen-bond donors (Lipinski definition) is 0. The second-order valence-electron chi connectivity index (χ2n) is 7.66. The second kappa shape index (κ2) is 7.67. The average Bonchev–Trinajstić information content (AvgIpc) is 3.38. The van der Waals surface area contributed by atoms with Gasteiger partial charge in [-0.2, -0.15) is 0 Å². The van der Waals surface area contributed by atoms with Crippen LogP contribution in [0.5, 0.6) is 11.5 Å². The van der Waals surface area contributed by atoms with Crippen LogP contribution in [0, 0.1) is 5.92 Å². The first-order valence-electron chi connectivity index (χ1n) is 10.2. The first-order chi connectivity index (χ1) is 14.7. The van der Waals surface area contributed by atoms with Gasteiger partial charge in [-0.25, -0.2) is 0 Å². The van der Waals surface area contributed by atoms with Crippen LogP contribution in [-0.4, -0.2) is 24.9 Å². The summed E-state index contributed by atoms with van der Waals surface area (Å²) in [6.45, 7) is 1.04. The lowest BCUT2D eigenvalue weighted by atomic mass is 10.1. The van der Waals surface area contributed by atoms with E-state index in [9.17, 15) is 9.59 Å².